The minimum absolute atomic E-state index is 0.209. The van der Waals surface area contributed by atoms with Crippen LogP contribution in [0.4, 0.5) is 0 Å². The molecule has 11 heteroatoms. The Bertz CT molecular complexity index is 974. The zero-order valence-electron chi connectivity index (χ0n) is 13.5. The fourth-order valence-corrected chi connectivity index (χ4v) is 4.76. The van der Waals surface area contributed by atoms with Crippen molar-refractivity contribution in [3.05, 3.63) is 20.8 Å². The lowest BCUT2D eigenvalue weighted by atomic mass is 10.5. The zero-order chi connectivity index (χ0) is 17.5. The van der Waals surface area contributed by atoms with Crippen molar-refractivity contribution in [2.24, 2.45) is 14.1 Å². The van der Waals surface area contributed by atoms with Crippen LogP contribution in [0.2, 0.25) is 0 Å². The summed E-state index contributed by atoms with van der Waals surface area (Å²) in [4.78, 5) is 33.4. The molecule has 1 aliphatic heterocycles. The number of thioether (sulfide) groups is 1. The van der Waals surface area contributed by atoms with Gasteiger partial charge in [0.05, 0.1) is 11.5 Å². The second kappa shape index (κ2) is 6.37. The van der Waals surface area contributed by atoms with Gasteiger partial charge in [0.2, 0.25) is 0 Å². The third kappa shape index (κ3) is 3.28. The number of sulfone groups is 1. The van der Waals surface area contributed by atoms with E-state index in [2.05, 4.69) is 14.9 Å². The van der Waals surface area contributed by atoms with E-state index in [0.717, 1.165) is 11.1 Å². The Morgan fingerprint density at radius 1 is 1.17 bits per heavy atom. The summed E-state index contributed by atoms with van der Waals surface area (Å²) >= 11 is 1.45. The van der Waals surface area contributed by atoms with Crippen molar-refractivity contribution in [2.75, 3.05) is 36.9 Å². The first-order chi connectivity index (χ1) is 11.3. The number of rotatable bonds is 4. The standard InChI is InChI=1S/C13H19N5O4S2/c1-16-10-9(11(19)17(2)13(16)20)14-12(15-10)23-6-3-18-4-7-24(21,22)8-5-18/h3-8H2,1-2H3,(H,14,15). The summed E-state index contributed by atoms with van der Waals surface area (Å²) in [6.07, 6.45) is 0. The van der Waals surface area contributed by atoms with Crippen LogP contribution >= 0.6 is 11.8 Å². The molecule has 1 N–H and O–H groups in total. The van der Waals surface area contributed by atoms with Crippen LogP contribution in [0.1, 0.15) is 0 Å². The van der Waals surface area contributed by atoms with Gasteiger partial charge in [-0.05, 0) is 0 Å². The number of hydrogen-bond acceptors (Lipinski definition) is 7. The molecule has 2 aromatic heterocycles. The van der Waals surface area contributed by atoms with E-state index in [-0.39, 0.29) is 11.5 Å². The van der Waals surface area contributed by atoms with Crippen LogP contribution in [0.5, 0.6) is 0 Å². The minimum Gasteiger partial charge on any atom is -0.327 e. The monoisotopic (exact) mass is 373 g/mol. The van der Waals surface area contributed by atoms with Crippen molar-refractivity contribution >= 4 is 32.8 Å². The van der Waals surface area contributed by atoms with Crippen LogP contribution in [-0.2, 0) is 23.9 Å². The number of aryl methyl sites for hydroxylation is 1. The zero-order valence-corrected chi connectivity index (χ0v) is 15.1. The number of nitrogens with one attached hydrogen (secondary N) is 1. The summed E-state index contributed by atoms with van der Waals surface area (Å²) in [5.74, 6) is 1.13. The van der Waals surface area contributed by atoms with Crippen molar-refractivity contribution < 1.29 is 8.42 Å². The second-order valence-corrected chi connectivity index (χ2v) is 9.18. The largest absolute Gasteiger partial charge is 0.332 e. The van der Waals surface area contributed by atoms with Crippen LogP contribution in [0.3, 0.4) is 0 Å². The van der Waals surface area contributed by atoms with E-state index in [1.807, 2.05) is 0 Å². The highest BCUT2D eigenvalue weighted by Gasteiger charge is 2.21. The maximum atomic E-state index is 12.1. The Hall–Kier alpha value is -1.59. The van der Waals surface area contributed by atoms with E-state index in [1.165, 1.54) is 23.4 Å². The number of nitrogens with zero attached hydrogens (tertiary/aromatic N) is 4. The summed E-state index contributed by atoms with van der Waals surface area (Å²) < 4.78 is 25.2. The molecule has 1 saturated heterocycles. The summed E-state index contributed by atoms with van der Waals surface area (Å²) in [6.45, 7) is 1.85. The van der Waals surface area contributed by atoms with Gasteiger partial charge in [-0.2, -0.15) is 0 Å². The van der Waals surface area contributed by atoms with Crippen LogP contribution in [-0.4, -0.2) is 69.3 Å². The predicted octanol–water partition coefficient (Wildman–Crippen LogP) is -1.22. The molecule has 2 aromatic rings. The topological polar surface area (TPSA) is 110 Å². The van der Waals surface area contributed by atoms with Crippen LogP contribution in [0.15, 0.2) is 14.7 Å². The molecular formula is C13H19N5O4S2. The van der Waals surface area contributed by atoms with E-state index in [0.29, 0.717) is 35.2 Å². The van der Waals surface area contributed by atoms with Crippen LogP contribution in [0, 0.1) is 0 Å². The number of imidazole rings is 1. The van der Waals surface area contributed by atoms with Gasteiger partial charge in [0.15, 0.2) is 26.2 Å². The van der Waals surface area contributed by atoms with E-state index < -0.39 is 21.1 Å². The SMILES string of the molecule is Cn1c(=O)c2[nH]c(SCCN3CCS(=O)(=O)CC3)nc2n(C)c1=O. The first-order valence-electron chi connectivity index (χ1n) is 7.50. The summed E-state index contributed by atoms with van der Waals surface area (Å²) in [5.41, 5.74) is -0.153. The highest BCUT2D eigenvalue weighted by Crippen LogP contribution is 2.17. The van der Waals surface area contributed by atoms with Gasteiger partial charge in [0, 0.05) is 39.5 Å². The van der Waals surface area contributed by atoms with Gasteiger partial charge in [0.25, 0.3) is 5.56 Å². The highest BCUT2D eigenvalue weighted by molar-refractivity contribution is 7.99. The van der Waals surface area contributed by atoms with Crippen molar-refractivity contribution in [2.45, 2.75) is 5.16 Å². The number of aromatic amines is 1. The first-order valence-corrected chi connectivity index (χ1v) is 10.3. The lowest BCUT2D eigenvalue weighted by Crippen LogP contribution is -2.41. The molecule has 0 aromatic carbocycles. The van der Waals surface area contributed by atoms with Gasteiger partial charge < -0.3 is 9.88 Å². The Labute approximate surface area is 142 Å². The molecule has 24 heavy (non-hydrogen) atoms. The smallest absolute Gasteiger partial charge is 0.327 e. The molecule has 0 unspecified atom stereocenters. The maximum Gasteiger partial charge on any atom is 0.332 e. The van der Waals surface area contributed by atoms with Gasteiger partial charge in [-0.25, -0.2) is 18.2 Å². The number of fused-ring (bicyclic) bond motifs is 1. The summed E-state index contributed by atoms with van der Waals surface area (Å²) in [6, 6.07) is 0. The third-order valence-electron chi connectivity index (χ3n) is 4.16. The molecule has 0 atom stereocenters. The van der Waals surface area contributed by atoms with Gasteiger partial charge in [0.1, 0.15) is 0 Å². The van der Waals surface area contributed by atoms with Gasteiger partial charge in [-0.15, -0.1) is 0 Å². The lowest BCUT2D eigenvalue weighted by Gasteiger charge is -2.25. The molecular weight excluding hydrogens is 354 g/mol. The molecule has 0 saturated carbocycles. The predicted molar refractivity (Wildman–Crippen MR) is 92.4 cm³/mol. The van der Waals surface area contributed by atoms with Crippen molar-refractivity contribution in [1.82, 2.24) is 24.0 Å². The van der Waals surface area contributed by atoms with E-state index in [4.69, 9.17) is 0 Å². The molecule has 9 nitrogen and oxygen atoms in total. The fourth-order valence-electron chi connectivity index (χ4n) is 2.62. The number of aromatic nitrogens is 4. The minimum atomic E-state index is -2.86. The second-order valence-electron chi connectivity index (χ2n) is 5.79. The molecule has 3 rings (SSSR count). The molecule has 1 aliphatic rings. The van der Waals surface area contributed by atoms with Gasteiger partial charge in [-0.1, -0.05) is 11.8 Å². The molecule has 3 heterocycles. The molecule has 0 radical (unpaired) electrons. The molecule has 132 valence electrons. The first kappa shape index (κ1) is 17.2. The summed E-state index contributed by atoms with van der Waals surface area (Å²) in [7, 11) is 0.145. The Kier molecular flexibility index (Phi) is 4.58. The number of H-pyrrole nitrogens is 1. The molecule has 0 spiro atoms. The van der Waals surface area contributed by atoms with E-state index >= 15 is 0 Å². The lowest BCUT2D eigenvalue weighted by molar-refractivity contribution is 0.314. The Morgan fingerprint density at radius 3 is 2.50 bits per heavy atom. The average molecular weight is 373 g/mol. The third-order valence-corrected chi connectivity index (χ3v) is 6.62. The molecule has 0 bridgehead atoms. The van der Waals surface area contributed by atoms with Crippen LogP contribution in [0.25, 0.3) is 11.2 Å². The van der Waals surface area contributed by atoms with E-state index in [9.17, 15) is 18.0 Å². The average Bonchev–Trinajstić information content (AvgIpc) is 2.97. The van der Waals surface area contributed by atoms with Gasteiger partial charge in [-0.3, -0.25) is 13.9 Å². The van der Waals surface area contributed by atoms with Crippen molar-refractivity contribution in [1.29, 1.82) is 0 Å². The molecule has 0 aliphatic carbocycles. The van der Waals surface area contributed by atoms with Crippen LogP contribution < -0.4 is 11.2 Å². The Balaban J connectivity index is 1.69. The molecule has 1 fully saturated rings. The number of hydrogen-bond donors (Lipinski definition) is 1. The van der Waals surface area contributed by atoms with Gasteiger partial charge >= 0.3 is 5.69 Å². The Morgan fingerprint density at radius 2 is 1.83 bits per heavy atom. The van der Waals surface area contributed by atoms with Crippen molar-refractivity contribution in [3.8, 4) is 0 Å². The fraction of sp³-hybridized carbons (Fsp3) is 0.615. The highest BCUT2D eigenvalue weighted by atomic mass is 32.2. The quantitative estimate of drug-likeness (QED) is 0.669. The van der Waals surface area contributed by atoms with E-state index in [1.54, 1.807) is 7.05 Å². The molecule has 0 amide bonds. The maximum absolute atomic E-state index is 12.1. The normalized spacial score (nSPS) is 18.2. The summed E-state index contributed by atoms with van der Waals surface area (Å²) in [5, 5.41) is 0.577. The van der Waals surface area contributed by atoms with Crippen molar-refractivity contribution in [3.63, 3.8) is 0 Å².